The van der Waals surface area contributed by atoms with E-state index in [0.29, 0.717) is 18.1 Å². The number of para-hydroxylation sites is 1. The van der Waals surface area contributed by atoms with E-state index in [1.54, 1.807) is 0 Å². The largest absolute Gasteiger partial charge is 0.382 e. The second-order valence-corrected chi connectivity index (χ2v) is 8.39. The number of nitrogens with two attached hydrogens (primary N) is 1. The van der Waals surface area contributed by atoms with Gasteiger partial charge in [0.1, 0.15) is 11.3 Å². The number of aryl methyl sites for hydroxylation is 2. The van der Waals surface area contributed by atoms with E-state index in [4.69, 9.17) is 10.7 Å². The number of rotatable bonds is 10. The van der Waals surface area contributed by atoms with E-state index in [-0.39, 0.29) is 14.6 Å². The number of benzene rings is 2. The first kappa shape index (κ1) is 23.9. The van der Waals surface area contributed by atoms with Crippen molar-refractivity contribution in [2.75, 3.05) is 17.6 Å². The van der Waals surface area contributed by atoms with E-state index in [1.165, 1.54) is 24.3 Å². The third kappa shape index (κ3) is 5.48. The van der Waals surface area contributed by atoms with E-state index in [1.807, 2.05) is 18.2 Å². The molecule has 2 aromatic carbocycles. The van der Waals surface area contributed by atoms with Crippen molar-refractivity contribution in [1.29, 1.82) is 0 Å². The van der Waals surface area contributed by atoms with Crippen LogP contribution in [-0.4, -0.2) is 32.0 Å². The lowest BCUT2D eigenvalue weighted by molar-refractivity contribution is -0.384. The summed E-state index contributed by atoms with van der Waals surface area (Å²) in [6, 6.07) is 13.3. The molecule has 0 saturated carbocycles. The maximum absolute atomic E-state index is 12.2. The molecule has 4 aromatic rings. The molecule has 0 bridgehead atoms. The van der Waals surface area contributed by atoms with Crippen LogP contribution in [-0.2, 0) is 13.0 Å². The number of amides is 2. The maximum atomic E-state index is 12.2. The highest BCUT2D eigenvalue weighted by atomic mass is 16.6. The number of nitrogen functional groups attached to an aromatic ring is 1. The SMILES string of the molecule is CCCCc1nc2c(N)nc3ccccc3c2n1CCCCNC(=O)Nc1ccc([N+](=O)[O-])cc1.[HH].[HH]. The molecule has 35 heavy (non-hydrogen) atoms. The van der Waals surface area contributed by atoms with Gasteiger partial charge in [-0.2, -0.15) is 0 Å². The first-order valence-electron chi connectivity index (χ1n) is 11.8. The summed E-state index contributed by atoms with van der Waals surface area (Å²) in [5, 5.41) is 17.3. The summed E-state index contributed by atoms with van der Waals surface area (Å²) >= 11 is 0. The van der Waals surface area contributed by atoms with Gasteiger partial charge in [0.25, 0.3) is 5.69 Å². The zero-order valence-electron chi connectivity index (χ0n) is 19.7. The standard InChI is InChI=1S/C25H29N7O3.2H2/c1-2-3-10-21-30-22-23(19-8-4-5-9-20(19)29-24(22)26)31(21)16-7-6-15-27-25(33)28-17-11-13-18(14-12-17)32(34)35;;/h4-5,8-9,11-14H,2-3,6-7,10,15-16H2,1H3,(H2,26,29)(H2,27,28,33);2*1H. The number of urea groups is 1. The smallest absolute Gasteiger partial charge is 0.319 e. The number of nitrogens with zero attached hydrogens (tertiary/aromatic N) is 4. The van der Waals surface area contributed by atoms with Crippen LogP contribution < -0.4 is 16.4 Å². The highest BCUT2D eigenvalue weighted by Crippen LogP contribution is 2.29. The van der Waals surface area contributed by atoms with Crippen LogP contribution in [0.3, 0.4) is 0 Å². The average Bonchev–Trinajstić information content (AvgIpc) is 3.22. The van der Waals surface area contributed by atoms with Gasteiger partial charge in [0.05, 0.1) is 16.0 Å². The quantitative estimate of drug-likeness (QED) is 0.155. The Morgan fingerprint density at radius 1 is 1.11 bits per heavy atom. The normalized spacial score (nSPS) is 11.1. The molecule has 10 heteroatoms. The number of hydrogen-bond acceptors (Lipinski definition) is 6. The molecule has 0 saturated heterocycles. The molecule has 0 radical (unpaired) electrons. The van der Waals surface area contributed by atoms with Gasteiger partial charge in [-0.15, -0.1) is 0 Å². The van der Waals surface area contributed by atoms with Crippen LogP contribution >= 0.6 is 0 Å². The number of imidazole rings is 1. The van der Waals surface area contributed by atoms with E-state index in [0.717, 1.165) is 66.4 Å². The molecule has 0 aliphatic heterocycles. The number of nitro benzene ring substituents is 1. The minimum absolute atomic E-state index is 0. The zero-order chi connectivity index (χ0) is 24.8. The van der Waals surface area contributed by atoms with Gasteiger partial charge >= 0.3 is 6.03 Å². The summed E-state index contributed by atoms with van der Waals surface area (Å²) in [4.78, 5) is 31.8. The summed E-state index contributed by atoms with van der Waals surface area (Å²) in [7, 11) is 0. The van der Waals surface area contributed by atoms with Crippen LogP contribution in [0.5, 0.6) is 0 Å². The highest BCUT2D eigenvalue weighted by Gasteiger charge is 2.17. The second kappa shape index (κ2) is 10.8. The summed E-state index contributed by atoms with van der Waals surface area (Å²) < 4.78 is 2.25. The Kier molecular flexibility index (Phi) is 7.39. The molecule has 2 heterocycles. The van der Waals surface area contributed by atoms with Gasteiger partial charge in [-0.25, -0.2) is 14.8 Å². The molecular formula is C25H33N7O3. The van der Waals surface area contributed by atoms with Crippen molar-refractivity contribution in [1.82, 2.24) is 19.9 Å². The Balaban J connectivity index is 0.00000241. The lowest BCUT2D eigenvalue weighted by Crippen LogP contribution is -2.29. The van der Waals surface area contributed by atoms with Crippen LogP contribution in [0.25, 0.3) is 21.9 Å². The van der Waals surface area contributed by atoms with Gasteiger partial charge in [-0.05, 0) is 37.5 Å². The molecule has 2 amide bonds. The van der Waals surface area contributed by atoms with Crippen LogP contribution in [0.2, 0.25) is 0 Å². The highest BCUT2D eigenvalue weighted by molar-refractivity contribution is 6.06. The summed E-state index contributed by atoms with van der Waals surface area (Å²) in [5.41, 5.74) is 9.34. The van der Waals surface area contributed by atoms with Gasteiger partial charge in [0.15, 0.2) is 5.82 Å². The Bertz CT molecular complexity index is 1360. The van der Waals surface area contributed by atoms with Gasteiger partial charge in [-0.3, -0.25) is 10.1 Å². The van der Waals surface area contributed by atoms with Crippen molar-refractivity contribution in [3.05, 3.63) is 64.5 Å². The molecule has 4 rings (SSSR count). The van der Waals surface area contributed by atoms with Crippen LogP contribution in [0.4, 0.5) is 22.0 Å². The first-order valence-corrected chi connectivity index (χ1v) is 11.8. The molecule has 0 atom stereocenters. The number of non-ortho nitro benzene ring substituents is 1. The Morgan fingerprint density at radius 2 is 1.89 bits per heavy atom. The summed E-state index contributed by atoms with van der Waals surface area (Å²) in [5.74, 6) is 1.45. The predicted octanol–water partition coefficient (Wildman–Crippen LogP) is 5.51. The van der Waals surface area contributed by atoms with Gasteiger partial charge in [0.2, 0.25) is 0 Å². The van der Waals surface area contributed by atoms with Crippen molar-refractivity contribution in [3.63, 3.8) is 0 Å². The van der Waals surface area contributed by atoms with Crippen molar-refractivity contribution >= 4 is 45.2 Å². The third-order valence-corrected chi connectivity index (χ3v) is 5.87. The molecule has 0 unspecified atom stereocenters. The number of aromatic nitrogens is 3. The molecule has 186 valence electrons. The topological polar surface area (TPSA) is 141 Å². The summed E-state index contributed by atoms with van der Waals surface area (Å²) in [6.07, 6.45) is 4.61. The van der Waals surface area contributed by atoms with Crippen LogP contribution in [0, 0.1) is 10.1 Å². The Labute approximate surface area is 205 Å². The molecule has 10 nitrogen and oxygen atoms in total. The van der Waals surface area contributed by atoms with Crippen LogP contribution in [0.1, 0.15) is 41.3 Å². The fourth-order valence-electron chi connectivity index (χ4n) is 4.11. The third-order valence-electron chi connectivity index (χ3n) is 5.87. The van der Waals surface area contributed by atoms with E-state index in [2.05, 4.69) is 33.2 Å². The van der Waals surface area contributed by atoms with Crippen LogP contribution in [0.15, 0.2) is 48.5 Å². The number of unbranched alkanes of at least 4 members (excludes halogenated alkanes) is 2. The van der Waals surface area contributed by atoms with E-state index < -0.39 is 4.92 Å². The molecule has 0 aliphatic rings. The van der Waals surface area contributed by atoms with E-state index >= 15 is 0 Å². The maximum Gasteiger partial charge on any atom is 0.319 e. The molecular weight excluding hydrogens is 446 g/mol. The fraction of sp³-hybridized carbons (Fsp3) is 0.320. The van der Waals surface area contributed by atoms with Crippen molar-refractivity contribution in [3.8, 4) is 0 Å². The lowest BCUT2D eigenvalue weighted by atomic mass is 10.2. The zero-order valence-corrected chi connectivity index (χ0v) is 19.7. The van der Waals surface area contributed by atoms with Crippen molar-refractivity contribution < 1.29 is 12.6 Å². The molecule has 0 aliphatic carbocycles. The molecule has 0 spiro atoms. The minimum atomic E-state index is -0.478. The number of pyridine rings is 1. The van der Waals surface area contributed by atoms with Gasteiger partial charge in [0, 0.05) is 45.6 Å². The molecule has 2 aromatic heterocycles. The summed E-state index contributed by atoms with van der Waals surface area (Å²) in [6.45, 7) is 3.42. The number of hydrogen-bond donors (Lipinski definition) is 3. The number of nitrogens with one attached hydrogen (secondary N) is 2. The number of nitro groups is 1. The monoisotopic (exact) mass is 479 g/mol. The number of carbonyl (C=O) groups excluding carboxylic acids is 1. The number of anilines is 2. The number of carbonyl (C=O) groups is 1. The lowest BCUT2D eigenvalue weighted by Gasteiger charge is -2.11. The Morgan fingerprint density at radius 3 is 2.63 bits per heavy atom. The molecule has 4 N–H and O–H groups in total. The average molecular weight is 480 g/mol. The second-order valence-electron chi connectivity index (χ2n) is 8.39. The van der Waals surface area contributed by atoms with Crippen molar-refractivity contribution in [2.24, 2.45) is 0 Å². The van der Waals surface area contributed by atoms with Gasteiger partial charge in [-0.1, -0.05) is 31.5 Å². The predicted molar refractivity (Wildman–Crippen MR) is 142 cm³/mol. The first-order chi connectivity index (χ1) is 17.0. The van der Waals surface area contributed by atoms with Gasteiger partial charge < -0.3 is 20.9 Å². The minimum Gasteiger partial charge on any atom is -0.382 e. The number of fused-ring (bicyclic) bond motifs is 3. The Hall–Kier alpha value is -4.21. The molecule has 0 fully saturated rings. The van der Waals surface area contributed by atoms with E-state index in [9.17, 15) is 14.9 Å². The van der Waals surface area contributed by atoms with Crippen molar-refractivity contribution in [2.45, 2.75) is 45.6 Å². The fourth-order valence-corrected chi connectivity index (χ4v) is 4.11.